The zero-order valence-electron chi connectivity index (χ0n) is 6.48. The van der Waals surface area contributed by atoms with Crippen LogP contribution in [0.25, 0.3) is 0 Å². The van der Waals surface area contributed by atoms with Crippen molar-refractivity contribution in [1.82, 2.24) is 0 Å². The maximum absolute atomic E-state index is 2.42. The first-order valence-electron chi connectivity index (χ1n) is 3.92. The summed E-state index contributed by atoms with van der Waals surface area (Å²) in [6.45, 7) is 2.69. The highest BCUT2D eigenvalue weighted by atomic mass is 15.1. The molecule has 0 aromatic heterocycles. The molecule has 1 saturated heterocycles. The topological polar surface area (TPSA) is 21.1 Å². The van der Waals surface area contributed by atoms with Crippen molar-refractivity contribution in [3.8, 4) is 0 Å². The summed E-state index contributed by atoms with van der Waals surface area (Å²) in [5, 5.41) is 2.42. The lowest BCUT2D eigenvalue weighted by molar-refractivity contribution is -0.894. The largest absolute Gasteiger partial charge is 0.346 e. The van der Waals surface area contributed by atoms with Crippen molar-refractivity contribution in [2.24, 2.45) is 0 Å². The van der Waals surface area contributed by atoms with Gasteiger partial charge in [-0.25, -0.2) is 0 Å². The highest BCUT2D eigenvalue weighted by Gasteiger charge is 2.19. The van der Waals surface area contributed by atoms with Crippen LogP contribution < -0.4 is 10.2 Å². The summed E-state index contributed by atoms with van der Waals surface area (Å²) in [5.41, 5.74) is 0. The standard InChI is InChI=1S/C7H16N2/c1-9(2)7-3-5-8-6-4-7/h7-8H,3-6H2,1-2H3/p+2. The quantitative estimate of drug-likeness (QED) is 0.404. The first-order chi connectivity index (χ1) is 4.30. The van der Waals surface area contributed by atoms with Gasteiger partial charge in [0, 0.05) is 12.8 Å². The minimum atomic E-state index is 0.940. The van der Waals surface area contributed by atoms with Crippen molar-refractivity contribution < 1.29 is 10.2 Å². The Morgan fingerprint density at radius 1 is 1.22 bits per heavy atom. The molecule has 0 aliphatic carbocycles. The van der Waals surface area contributed by atoms with Crippen LogP contribution in [0.1, 0.15) is 12.8 Å². The molecule has 1 aliphatic rings. The SMILES string of the molecule is C[NH+](C)C1CC[NH2+]CC1. The molecule has 0 radical (unpaired) electrons. The first kappa shape index (κ1) is 7.03. The zero-order valence-corrected chi connectivity index (χ0v) is 6.48. The maximum Gasteiger partial charge on any atom is 0.0979 e. The maximum atomic E-state index is 2.42. The molecule has 0 aromatic rings. The van der Waals surface area contributed by atoms with E-state index in [1.165, 1.54) is 25.9 Å². The van der Waals surface area contributed by atoms with Crippen LogP contribution in [0.2, 0.25) is 0 Å². The van der Waals surface area contributed by atoms with Crippen LogP contribution in [0.15, 0.2) is 0 Å². The molecule has 0 bridgehead atoms. The summed E-state index contributed by atoms with van der Waals surface area (Å²) in [5.74, 6) is 0. The molecular formula is C7H18N2+2. The van der Waals surface area contributed by atoms with E-state index < -0.39 is 0 Å². The highest BCUT2D eigenvalue weighted by molar-refractivity contribution is 4.55. The van der Waals surface area contributed by atoms with Gasteiger partial charge >= 0.3 is 0 Å². The van der Waals surface area contributed by atoms with Crippen molar-refractivity contribution in [2.45, 2.75) is 18.9 Å². The van der Waals surface area contributed by atoms with Crippen LogP contribution in [-0.4, -0.2) is 33.2 Å². The summed E-state index contributed by atoms with van der Waals surface area (Å²) >= 11 is 0. The van der Waals surface area contributed by atoms with Crippen molar-refractivity contribution >= 4 is 0 Å². The van der Waals surface area contributed by atoms with E-state index in [1.807, 2.05) is 0 Å². The van der Waals surface area contributed by atoms with E-state index in [4.69, 9.17) is 0 Å². The fourth-order valence-corrected chi connectivity index (χ4v) is 1.50. The summed E-state index contributed by atoms with van der Waals surface area (Å²) in [7, 11) is 4.52. The van der Waals surface area contributed by atoms with Gasteiger partial charge in [-0.2, -0.15) is 0 Å². The molecule has 1 fully saturated rings. The highest BCUT2D eigenvalue weighted by Crippen LogP contribution is 1.91. The van der Waals surface area contributed by atoms with Crippen molar-refractivity contribution in [1.29, 1.82) is 0 Å². The summed E-state index contributed by atoms with van der Waals surface area (Å²) in [6.07, 6.45) is 2.81. The van der Waals surface area contributed by atoms with Crippen molar-refractivity contribution in [2.75, 3.05) is 27.2 Å². The number of rotatable bonds is 1. The predicted octanol–water partition coefficient (Wildman–Crippen LogP) is -2.14. The van der Waals surface area contributed by atoms with Gasteiger partial charge in [0.25, 0.3) is 0 Å². The molecule has 0 aromatic carbocycles. The Morgan fingerprint density at radius 2 is 1.78 bits per heavy atom. The summed E-state index contributed by atoms with van der Waals surface area (Å²) in [6, 6.07) is 0.940. The molecule has 0 saturated carbocycles. The molecule has 0 amide bonds. The monoisotopic (exact) mass is 130 g/mol. The van der Waals surface area contributed by atoms with Gasteiger partial charge in [-0.3, -0.25) is 0 Å². The van der Waals surface area contributed by atoms with Crippen LogP contribution in [-0.2, 0) is 0 Å². The van der Waals surface area contributed by atoms with Gasteiger partial charge in [-0.15, -0.1) is 0 Å². The predicted molar refractivity (Wildman–Crippen MR) is 37.5 cm³/mol. The van der Waals surface area contributed by atoms with Gasteiger partial charge in [-0.05, 0) is 0 Å². The molecular weight excluding hydrogens is 112 g/mol. The zero-order chi connectivity index (χ0) is 6.69. The fourth-order valence-electron chi connectivity index (χ4n) is 1.50. The van der Waals surface area contributed by atoms with Crippen molar-refractivity contribution in [3.05, 3.63) is 0 Å². The fraction of sp³-hybridized carbons (Fsp3) is 1.00. The molecule has 0 atom stereocenters. The van der Waals surface area contributed by atoms with Crippen LogP contribution in [0.3, 0.4) is 0 Å². The Labute approximate surface area is 57.2 Å². The molecule has 2 nitrogen and oxygen atoms in total. The van der Waals surface area contributed by atoms with Gasteiger partial charge in [0.2, 0.25) is 0 Å². The van der Waals surface area contributed by atoms with Crippen LogP contribution in [0.5, 0.6) is 0 Å². The molecule has 1 rings (SSSR count). The average Bonchev–Trinajstić information content (AvgIpc) is 1.90. The molecule has 3 N–H and O–H groups in total. The Hall–Kier alpha value is -0.0800. The molecule has 9 heavy (non-hydrogen) atoms. The second-order valence-electron chi connectivity index (χ2n) is 3.22. The number of piperidine rings is 1. The van der Waals surface area contributed by atoms with Crippen molar-refractivity contribution in [3.63, 3.8) is 0 Å². The molecule has 1 heterocycles. The lowest BCUT2D eigenvalue weighted by atomic mass is 10.1. The first-order valence-corrected chi connectivity index (χ1v) is 3.92. The third kappa shape index (κ3) is 1.95. The third-order valence-corrected chi connectivity index (χ3v) is 2.26. The van der Waals surface area contributed by atoms with Gasteiger partial charge in [-0.1, -0.05) is 0 Å². The summed E-state index contributed by atoms with van der Waals surface area (Å²) < 4.78 is 0. The van der Waals surface area contributed by atoms with Crippen LogP contribution in [0.4, 0.5) is 0 Å². The van der Waals surface area contributed by atoms with Gasteiger partial charge in [0.1, 0.15) is 0 Å². The lowest BCUT2D eigenvalue weighted by Crippen LogP contribution is -3.12. The molecule has 0 unspecified atom stereocenters. The van der Waals surface area contributed by atoms with E-state index in [0.29, 0.717) is 0 Å². The second kappa shape index (κ2) is 3.18. The number of quaternary nitrogens is 2. The lowest BCUT2D eigenvalue weighted by Gasteiger charge is -2.23. The Morgan fingerprint density at radius 3 is 2.11 bits per heavy atom. The van der Waals surface area contributed by atoms with E-state index in [-0.39, 0.29) is 0 Å². The van der Waals surface area contributed by atoms with E-state index in [2.05, 4.69) is 19.4 Å². The third-order valence-electron chi connectivity index (χ3n) is 2.26. The minimum absolute atomic E-state index is 0.940. The molecule has 2 heteroatoms. The normalized spacial score (nSPS) is 23.0. The van der Waals surface area contributed by atoms with Crippen LogP contribution >= 0.6 is 0 Å². The smallest absolute Gasteiger partial charge is 0.0979 e. The number of hydrogen-bond donors (Lipinski definition) is 2. The summed E-state index contributed by atoms with van der Waals surface area (Å²) in [4.78, 5) is 1.63. The van der Waals surface area contributed by atoms with E-state index in [9.17, 15) is 0 Å². The Bertz CT molecular complexity index is 75.0. The van der Waals surface area contributed by atoms with Crippen LogP contribution in [0, 0.1) is 0 Å². The Kier molecular flexibility index (Phi) is 2.49. The average molecular weight is 130 g/mol. The van der Waals surface area contributed by atoms with E-state index >= 15 is 0 Å². The number of nitrogens with one attached hydrogen (secondary N) is 1. The number of hydrogen-bond acceptors (Lipinski definition) is 0. The van der Waals surface area contributed by atoms with Gasteiger partial charge in [0.15, 0.2) is 0 Å². The van der Waals surface area contributed by atoms with Gasteiger partial charge in [0.05, 0.1) is 33.2 Å². The second-order valence-corrected chi connectivity index (χ2v) is 3.22. The molecule has 1 aliphatic heterocycles. The van der Waals surface area contributed by atoms with Gasteiger partial charge < -0.3 is 10.2 Å². The Balaban J connectivity index is 2.23. The molecule has 0 spiro atoms. The number of nitrogens with two attached hydrogens (primary N) is 1. The molecule has 54 valence electrons. The van der Waals surface area contributed by atoms with E-state index in [0.717, 1.165) is 6.04 Å². The minimum Gasteiger partial charge on any atom is -0.346 e. The van der Waals surface area contributed by atoms with E-state index in [1.54, 1.807) is 4.90 Å².